The van der Waals surface area contributed by atoms with Crippen LogP contribution in [0.15, 0.2) is 66.2 Å². The molecule has 4 amide bonds. The maximum atomic E-state index is 13.2. The van der Waals surface area contributed by atoms with Crippen molar-refractivity contribution in [2.75, 3.05) is 12.0 Å². The number of halogens is 3. The fraction of sp³-hybridized carbons (Fsp3) is 0.0800. The summed E-state index contributed by atoms with van der Waals surface area (Å²) in [7, 11) is 1.50. The molecule has 0 unspecified atom stereocenters. The number of amides is 4. The molecule has 0 saturated carbocycles. The summed E-state index contributed by atoms with van der Waals surface area (Å²) in [6.45, 7) is 0.0921. The zero-order valence-corrected chi connectivity index (χ0v) is 20.4. The number of methoxy groups -OCH3 is 1. The Kier molecular flexibility index (Phi) is 7.31. The van der Waals surface area contributed by atoms with Crippen molar-refractivity contribution >= 4 is 64.4 Å². The van der Waals surface area contributed by atoms with Gasteiger partial charge in [0.15, 0.2) is 0 Å². The van der Waals surface area contributed by atoms with Crippen molar-refractivity contribution in [1.82, 2.24) is 5.32 Å². The predicted molar refractivity (Wildman–Crippen MR) is 134 cm³/mol. The Labute approximate surface area is 215 Å². The fourth-order valence-electron chi connectivity index (χ4n) is 3.32. The van der Waals surface area contributed by atoms with Gasteiger partial charge >= 0.3 is 6.03 Å². The van der Waals surface area contributed by atoms with E-state index < -0.39 is 17.8 Å². The first kappa shape index (κ1) is 24.6. The molecule has 3 aromatic carbocycles. The van der Waals surface area contributed by atoms with Gasteiger partial charge in [0.2, 0.25) is 0 Å². The van der Waals surface area contributed by atoms with E-state index in [-0.39, 0.29) is 17.9 Å². The van der Waals surface area contributed by atoms with Crippen LogP contribution >= 0.6 is 34.8 Å². The molecule has 0 spiro atoms. The first-order chi connectivity index (χ1) is 16.8. The minimum Gasteiger partial charge on any atom is -0.497 e. The van der Waals surface area contributed by atoms with E-state index in [1.807, 2.05) is 0 Å². The van der Waals surface area contributed by atoms with Crippen molar-refractivity contribution in [3.63, 3.8) is 0 Å². The molecule has 1 heterocycles. The van der Waals surface area contributed by atoms with Crippen molar-refractivity contribution in [2.24, 2.45) is 0 Å². The van der Waals surface area contributed by atoms with Crippen LogP contribution < -0.4 is 19.7 Å². The lowest BCUT2D eigenvalue weighted by atomic mass is 10.1. The van der Waals surface area contributed by atoms with Crippen LogP contribution in [-0.4, -0.2) is 25.0 Å². The predicted octanol–water partition coefficient (Wildman–Crippen LogP) is 5.90. The molecule has 1 aliphatic rings. The molecule has 1 N–H and O–H groups in total. The van der Waals surface area contributed by atoms with E-state index in [4.69, 9.17) is 44.3 Å². The highest BCUT2D eigenvalue weighted by Crippen LogP contribution is 2.31. The van der Waals surface area contributed by atoms with Gasteiger partial charge < -0.3 is 9.47 Å². The normalized spacial score (nSPS) is 14.8. The van der Waals surface area contributed by atoms with Gasteiger partial charge in [0, 0.05) is 32.3 Å². The number of nitrogens with one attached hydrogen (secondary N) is 1. The van der Waals surface area contributed by atoms with Crippen molar-refractivity contribution in [3.8, 4) is 11.5 Å². The van der Waals surface area contributed by atoms with Crippen molar-refractivity contribution in [1.29, 1.82) is 0 Å². The summed E-state index contributed by atoms with van der Waals surface area (Å²) >= 11 is 18.1. The molecule has 1 fully saturated rings. The van der Waals surface area contributed by atoms with Crippen LogP contribution in [-0.2, 0) is 16.2 Å². The molecule has 0 aromatic heterocycles. The van der Waals surface area contributed by atoms with Crippen molar-refractivity contribution < 1.29 is 23.9 Å². The van der Waals surface area contributed by atoms with Crippen LogP contribution in [0, 0.1) is 0 Å². The van der Waals surface area contributed by atoms with Gasteiger partial charge in [-0.1, -0.05) is 40.9 Å². The van der Waals surface area contributed by atoms with Crippen LogP contribution in [0.25, 0.3) is 6.08 Å². The monoisotopic (exact) mass is 530 g/mol. The number of ether oxygens (including phenoxy) is 2. The van der Waals surface area contributed by atoms with E-state index in [2.05, 4.69) is 5.32 Å². The highest BCUT2D eigenvalue weighted by atomic mass is 35.5. The molecule has 3 aromatic rings. The summed E-state index contributed by atoms with van der Waals surface area (Å²) in [6.07, 6.45) is 1.35. The topological polar surface area (TPSA) is 84.9 Å². The number of urea groups is 1. The van der Waals surface area contributed by atoms with E-state index in [0.29, 0.717) is 37.7 Å². The zero-order valence-electron chi connectivity index (χ0n) is 18.2. The summed E-state index contributed by atoms with van der Waals surface area (Å²) in [5.41, 5.74) is 1.11. The minimum absolute atomic E-state index is 0.0921. The molecule has 0 bridgehead atoms. The Morgan fingerprint density at radius 1 is 0.914 bits per heavy atom. The van der Waals surface area contributed by atoms with Gasteiger partial charge in [-0.3, -0.25) is 14.9 Å². The Bertz CT molecular complexity index is 1360. The minimum atomic E-state index is -0.858. The number of rotatable bonds is 6. The first-order valence-corrected chi connectivity index (χ1v) is 11.3. The third kappa shape index (κ3) is 5.43. The van der Waals surface area contributed by atoms with Crippen LogP contribution in [0.1, 0.15) is 11.1 Å². The molecule has 1 aliphatic heterocycles. The molecule has 0 aliphatic carbocycles. The number of carbonyl (C=O) groups is 3. The van der Waals surface area contributed by atoms with Gasteiger partial charge in [0.05, 0.1) is 12.8 Å². The molecular formula is C25H17Cl3N2O5. The Hall–Kier alpha value is -3.52. The smallest absolute Gasteiger partial charge is 0.335 e. The lowest BCUT2D eigenvalue weighted by Gasteiger charge is -2.26. The molecule has 35 heavy (non-hydrogen) atoms. The number of imide groups is 2. The zero-order chi connectivity index (χ0) is 25.1. The average Bonchev–Trinajstić information content (AvgIpc) is 2.82. The molecular weight excluding hydrogens is 515 g/mol. The summed E-state index contributed by atoms with van der Waals surface area (Å²) in [6, 6.07) is 15.1. The number of barbiturate groups is 1. The molecule has 178 valence electrons. The van der Waals surface area contributed by atoms with Gasteiger partial charge in [-0.15, -0.1) is 0 Å². The second-order valence-corrected chi connectivity index (χ2v) is 8.64. The highest BCUT2D eigenvalue weighted by Gasteiger charge is 2.37. The van der Waals surface area contributed by atoms with E-state index in [1.54, 1.807) is 36.4 Å². The SMILES string of the molecule is COc1ccc(/C=C2\C(=O)NC(=O)N(c3ccc(Cl)cc3)C2=O)c(OCc2ccc(Cl)cc2Cl)c1. The maximum Gasteiger partial charge on any atom is 0.335 e. The third-order valence-corrected chi connectivity index (χ3v) is 5.94. The van der Waals surface area contributed by atoms with Gasteiger partial charge in [0.25, 0.3) is 11.8 Å². The second-order valence-electron chi connectivity index (χ2n) is 7.36. The summed E-state index contributed by atoms with van der Waals surface area (Å²) in [5, 5.41) is 3.55. The molecule has 0 radical (unpaired) electrons. The standard InChI is InChI=1S/C25H17Cl3N2O5/c1-34-19-9-3-14(22(12-19)35-13-15-2-4-17(27)11-21(15)28)10-20-23(31)29-25(33)30(24(20)32)18-7-5-16(26)6-8-18/h2-12H,13H2,1H3,(H,29,31,33)/b20-10+. The summed E-state index contributed by atoms with van der Waals surface area (Å²) in [4.78, 5) is 39.0. The first-order valence-electron chi connectivity index (χ1n) is 10.2. The third-order valence-electron chi connectivity index (χ3n) is 5.11. The molecule has 1 saturated heterocycles. The number of anilines is 1. The van der Waals surface area contributed by atoms with E-state index in [1.165, 1.54) is 37.5 Å². The largest absolute Gasteiger partial charge is 0.497 e. The lowest BCUT2D eigenvalue weighted by Crippen LogP contribution is -2.54. The number of nitrogens with zero attached hydrogens (tertiary/aromatic N) is 1. The van der Waals surface area contributed by atoms with Gasteiger partial charge in [-0.05, 0) is 54.6 Å². The van der Waals surface area contributed by atoms with Crippen molar-refractivity contribution in [2.45, 2.75) is 6.61 Å². The second kappa shape index (κ2) is 10.4. The maximum absolute atomic E-state index is 13.2. The molecule has 10 heteroatoms. The molecule has 4 rings (SSSR count). The van der Waals surface area contributed by atoms with Crippen LogP contribution in [0.4, 0.5) is 10.5 Å². The number of carbonyl (C=O) groups excluding carboxylic acids is 3. The molecule has 7 nitrogen and oxygen atoms in total. The van der Waals surface area contributed by atoms with E-state index >= 15 is 0 Å². The summed E-state index contributed by atoms with van der Waals surface area (Å²) < 4.78 is 11.2. The highest BCUT2D eigenvalue weighted by molar-refractivity contribution is 6.39. The number of benzene rings is 3. The number of hydrogen-bond donors (Lipinski definition) is 1. The Morgan fingerprint density at radius 2 is 1.63 bits per heavy atom. The fourth-order valence-corrected chi connectivity index (χ4v) is 3.91. The average molecular weight is 532 g/mol. The summed E-state index contributed by atoms with van der Waals surface area (Å²) in [5.74, 6) is -0.781. The lowest BCUT2D eigenvalue weighted by molar-refractivity contribution is -0.122. The van der Waals surface area contributed by atoms with Crippen molar-refractivity contribution in [3.05, 3.63) is 92.4 Å². The van der Waals surface area contributed by atoms with E-state index in [0.717, 1.165) is 4.90 Å². The van der Waals surface area contributed by atoms with E-state index in [9.17, 15) is 14.4 Å². The Morgan fingerprint density at radius 3 is 2.31 bits per heavy atom. The number of hydrogen-bond acceptors (Lipinski definition) is 5. The van der Waals surface area contributed by atoms with Crippen LogP contribution in [0.3, 0.4) is 0 Å². The Balaban J connectivity index is 1.68. The quantitative estimate of drug-likeness (QED) is 0.316. The van der Waals surface area contributed by atoms with Crippen LogP contribution in [0.2, 0.25) is 15.1 Å². The van der Waals surface area contributed by atoms with Gasteiger partial charge in [-0.25, -0.2) is 9.69 Å². The molecule has 0 atom stereocenters. The van der Waals surface area contributed by atoms with Gasteiger partial charge in [0.1, 0.15) is 23.7 Å². The van der Waals surface area contributed by atoms with Crippen LogP contribution in [0.5, 0.6) is 11.5 Å². The van der Waals surface area contributed by atoms with Gasteiger partial charge in [-0.2, -0.15) is 0 Å².